The Kier molecular flexibility index (Phi) is 4.26. The van der Waals surface area contributed by atoms with Crippen LogP contribution in [0.1, 0.15) is 67.0 Å². The number of H-pyrrole nitrogens is 1. The van der Waals surface area contributed by atoms with Crippen molar-refractivity contribution in [2.75, 3.05) is 0 Å². The number of primary amides is 1. The van der Waals surface area contributed by atoms with Crippen molar-refractivity contribution in [1.82, 2.24) is 9.97 Å². The number of alkyl halides is 2. The first-order chi connectivity index (χ1) is 13.8. The highest BCUT2D eigenvalue weighted by atomic mass is 19.3. The molecule has 0 spiro atoms. The van der Waals surface area contributed by atoms with Crippen LogP contribution in [-0.4, -0.2) is 21.8 Å². The van der Waals surface area contributed by atoms with E-state index >= 15 is 0 Å². The predicted octanol–water partition coefficient (Wildman–Crippen LogP) is 3.98. The maximum Gasteiger partial charge on any atom is 0.268 e. The standard InChI is InChI=1S/C22H25F2N3O2/c23-22(24)7-5-13(18-11-1-2-12(18)4-3-11)14(10-22)16-9-17(28)19-15(27-16)6-8-26-20(19)21(25)29/h6,8-9,11-14,18H,1-5,7,10H2,(H2,25,29)(H,27,28)/t11?,12?,13-,14-,18?/m1/s1. The van der Waals surface area contributed by atoms with E-state index in [1.54, 1.807) is 6.07 Å². The second kappa shape index (κ2) is 6.61. The molecule has 2 bridgehead atoms. The molecule has 2 heterocycles. The number of nitrogens with one attached hydrogen (secondary N) is 1. The molecule has 5 rings (SSSR count). The molecule has 0 radical (unpaired) electrons. The van der Waals surface area contributed by atoms with Crippen molar-refractivity contribution in [1.29, 1.82) is 0 Å². The van der Waals surface area contributed by atoms with Crippen LogP contribution in [0.25, 0.3) is 10.9 Å². The summed E-state index contributed by atoms with van der Waals surface area (Å²) in [7, 11) is 0. The summed E-state index contributed by atoms with van der Waals surface area (Å²) in [6.07, 6.45) is 6.42. The first kappa shape index (κ1) is 18.7. The maximum absolute atomic E-state index is 14.4. The van der Waals surface area contributed by atoms with Crippen LogP contribution in [0.3, 0.4) is 0 Å². The fourth-order valence-corrected chi connectivity index (χ4v) is 6.56. The van der Waals surface area contributed by atoms with Crippen molar-refractivity contribution in [3.8, 4) is 0 Å². The fourth-order valence-electron chi connectivity index (χ4n) is 6.56. The van der Waals surface area contributed by atoms with E-state index in [0.29, 0.717) is 35.4 Å². The molecule has 0 aromatic carbocycles. The number of nitrogens with two attached hydrogens (primary N) is 1. The minimum atomic E-state index is -2.72. The lowest BCUT2D eigenvalue weighted by atomic mass is 9.67. The molecule has 2 aromatic heterocycles. The van der Waals surface area contributed by atoms with Gasteiger partial charge in [0.15, 0.2) is 5.43 Å². The predicted molar refractivity (Wildman–Crippen MR) is 105 cm³/mol. The van der Waals surface area contributed by atoms with Crippen LogP contribution in [0, 0.1) is 23.7 Å². The average molecular weight is 401 g/mol. The quantitative estimate of drug-likeness (QED) is 0.815. The van der Waals surface area contributed by atoms with E-state index in [1.165, 1.54) is 37.9 Å². The lowest BCUT2D eigenvalue weighted by Gasteiger charge is -2.41. The monoisotopic (exact) mass is 401 g/mol. The number of aromatic nitrogens is 2. The number of fused-ring (bicyclic) bond motifs is 3. The Morgan fingerprint density at radius 2 is 1.86 bits per heavy atom. The normalized spacial score (nSPS) is 33.2. The second-order valence-corrected chi connectivity index (χ2v) is 9.16. The van der Waals surface area contributed by atoms with E-state index in [-0.39, 0.29) is 35.8 Å². The Balaban J connectivity index is 1.60. The van der Waals surface area contributed by atoms with Gasteiger partial charge in [0.05, 0.1) is 10.9 Å². The smallest absolute Gasteiger partial charge is 0.268 e. The van der Waals surface area contributed by atoms with Gasteiger partial charge in [-0.1, -0.05) is 0 Å². The Morgan fingerprint density at radius 3 is 2.52 bits per heavy atom. The van der Waals surface area contributed by atoms with Crippen molar-refractivity contribution in [2.24, 2.45) is 29.4 Å². The number of hydrogen-bond donors (Lipinski definition) is 2. The minimum absolute atomic E-state index is 0.0718. The SMILES string of the molecule is NC(=O)c1nccc2[nH]c([C@@H]3CC(F)(F)CC[C@H]3C3C4CCC3CC4)cc(=O)c12. The summed E-state index contributed by atoms with van der Waals surface area (Å²) in [5.74, 6) is -1.96. The molecular weight excluding hydrogens is 376 g/mol. The van der Waals surface area contributed by atoms with Crippen molar-refractivity contribution in [3.63, 3.8) is 0 Å². The van der Waals surface area contributed by atoms with Gasteiger partial charge in [0.25, 0.3) is 5.91 Å². The van der Waals surface area contributed by atoms with E-state index < -0.39 is 17.3 Å². The van der Waals surface area contributed by atoms with Gasteiger partial charge in [-0.05, 0) is 61.8 Å². The molecular formula is C22H25F2N3O2. The van der Waals surface area contributed by atoms with Crippen molar-refractivity contribution < 1.29 is 13.6 Å². The van der Waals surface area contributed by atoms with Gasteiger partial charge in [0.2, 0.25) is 5.92 Å². The zero-order valence-electron chi connectivity index (χ0n) is 16.2. The van der Waals surface area contributed by atoms with Crippen LogP contribution in [0.5, 0.6) is 0 Å². The summed E-state index contributed by atoms with van der Waals surface area (Å²) in [4.78, 5) is 31.6. The number of rotatable bonds is 3. The van der Waals surface area contributed by atoms with Gasteiger partial charge in [-0.3, -0.25) is 14.6 Å². The molecule has 3 fully saturated rings. The zero-order valence-corrected chi connectivity index (χ0v) is 16.2. The summed E-state index contributed by atoms with van der Waals surface area (Å²) < 4.78 is 28.9. The molecule has 5 nitrogen and oxygen atoms in total. The van der Waals surface area contributed by atoms with E-state index in [1.807, 2.05) is 0 Å². The van der Waals surface area contributed by atoms with Gasteiger partial charge in [-0.25, -0.2) is 8.78 Å². The molecule has 0 unspecified atom stereocenters. The van der Waals surface area contributed by atoms with Crippen LogP contribution in [0.15, 0.2) is 23.1 Å². The van der Waals surface area contributed by atoms with Crippen LogP contribution < -0.4 is 11.2 Å². The highest BCUT2D eigenvalue weighted by Gasteiger charge is 2.52. The fraction of sp³-hybridized carbons (Fsp3) is 0.591. The Hall–Kier alpha value is -2.31. The number of nitrogens with zero attached hydrogens (tertiary/aromatic N) is 1. The highest BCUT2D eigenvalue weighted by Crippen LogP contribution is 2.59. The molecule has 2 aromatic rings. The zero-order chi connectivity index (χ0) is 20.3. The van der Waals surface area contributed by atoms with E-state index in [0.717, 1.165) is 0 Å². The van der Waals surface area contributed by atoms with Crippen LogP contribution in [0.4, 0.5) is 8.78 Å². The maximum atomic E-state index is 14.4. The molecule has 2 atom stereocenters. The van der Waals surface area contributed by atoms with Crippen LogP contribution in [0.2, 0.25) is 0 Å². The van der Waals surface area contributed by atoms with Crippen LogP contribution >= 0.6 is 0 Å². The Morgan fingerprint density at radius 1 is 1.17 bits per heavy atom. The molecule has 3 N–H and O–H groups in total. The summed E-state index contributed by atoms with van der Waals surface area (Å²) in [5.41, 5.74) is 5.86. The minimum Gasteiger partial charge on any atom is -0.364 e. The van der Waals surface area contributed by atoms with Gasteiger partial charge in [-0.15, -0.1) is 0 Å². The van der Waals surface area contributed by atoms with E-state index in [9.17, 15) is 18.4 Å². The summed E-state index contributed by atoms with van der Waals surface area (Å²) in [5, 5.41) is 0.129. The van der Waals surface area contributed by atoms with E-state index in [4.69, 9.17) is 5.73 Å². The Bertz CT molecular complexity index is 1010. The highest BCUT2D eigenvalue weighted by molar-refractivity contribution is 6.03. The Labute approximate surface area is 167 Å². The molecule has 3 saturated carbocycles. The molecule has 3 aliphatic rings. The lowest BCUT2D eigenvalue weighted by Crippen LogP contribution is -2.37. The molecule has 29 heavy (non-hydrogen) atoms. The summed E-state index contributed by atoms with van der Waals surface area (Å²) in [6.45, 7) is 0. The average Bonchev–Trinajstić information content (AvgIpc) is 3.27. The third-order valence-electron chi connectivity index (χ3n) is 7.67. The van der Waals surface area contributed by atoms with Gasteiger partial charge in [0, 0.05) is 36.7 Å². The van der Waals surface area contributed by atoms with Gasteiger partial charge in [-0.2, -0.15) is 0 Å². The number of aromatic amines is 1. The molecule has 3 aliphatic carbocycles. The number of halogens is 2. The van der Waals surface area contributed by atoms with Crippen molar-refractivity contribution in [2.45, 2.75) is 56.8 Å². The summed E-state index contributed by atoms with van der Waals surface area (Å²) >= 11 is 0. The van der Waals surface area contributed by atoms with Crippen molar-refractivity contribution in [3.05, 3.63) is 39.9 Å². The number of pyridine rings is 2. The largest absolute Gasteiger partial charge is 0.364 e. The van der Waals surface area contributed by atoms with Gasteiger partial charge >= 0.3 is 0 Å². The van der Waals surface area contributed by atoms with Crippen molar-refractivity contribution >= 4 is 16.8 Å². The number of amides is 1. The molecule has 1 amide bonds. The topological polar surface area (TPSA) is 88.8 Å². The van der Waals surface area contributed by atoms with Gasteiger partial charge < -0.3 is 10.7 Å². The van der Waals surface area contributed by atoms with Crippen LogP contribution in [-0.2, 0) is 0 Å². The number of carbonyl (C=O) groups excluding carboxylic acids is 1. The molecule has 7 heteroatoms. The third kappa shape index (κ3) is 3.06. The molecule has 0 saturated heterocycles. The second-order valence-electron chi connectivity index (χ2n) is 9.16. The van der Waals surface area contributed by atoms with Gasteiger partial charge in [0.1, 0.15) is 5.69 Å². The number of hydrogen-bond acceptors (Lipinski definition) is 3. The summed E-state index contributed by atoms with van der Waals surface area (Å²) in [6, 6.07) is 2.99. The first-order valence-corrected chi connectivity index (χ1v) is 10.5. The van der Waals surface area contributed by atoms with E-state index in [2.05, 4.69) is 9.97 Å². The lowest BCUT2D eigenvalue weighted by molar-refractivity contribution is -0.0658. The molecule has 154 valence electrons. The third-order valence-corrected chi connectivity index (χ3v) is 7.67. The molecule has 0 aliphatic heterocycles. The first-order valence-electron chi connectivity index (χ1n) is 10.5. The number of carbonyl (C=O) groups is 1.